The number of nitrogens with zero attached hydrogens (tertiary/aromatic N) is 1. The van der Waals surface area contributed by atoms with Crippen LogP contribution in [0.25, 0.3) is 0 Å². The highest BCUT2D eigenvalue weighted by molar-refractivity contribution is 7.85. The minimum Gasteiger partial charge on any atom is -0.441 e. The highest BCUT2D eigenvalue weighted by Crippen LogP contribution is 2.23. The number of hydrogen-bond donors (Lipinski definition) is 0. The fourth-order valence-electron chi connectivity index (χ4n) is 1.64. The smallest absolute Gasteiger partial charge is 0.414 e. The van der Waals surface area contributed by atoms with Crippen molar-refractivity contribution >= 4 is 33.5 Å². The van der Waals surface area contributed by atoms with Crippen molar-refractivity contribution in [1.82, 2.24) is 0 Å². The largest absolute Gasteiger partial charge is 0.441 e. The molecule has 0 N–H and O–H groups in total. The zero-order valence-electron chi connectivity index (χ0n) is 10.1. The monoisotopic (exact) mass is 305 g/mol. The zero-order valence-corrected chi connectivity index (χ0v) is 11.6. The van der Waals surface area contributed by atoms with Crippen LogP contribution in [-0.2, 0) is 19.0 Å². The molecule has 0 spiro atoms. The molecule has 1 saturated heterocycles. The highest BCUT2D eigenvalue weighted by atomic mass is 35.5. The summed E-state index contributed by atoms with van der Waals surface area (Å²) in [4.78, 5) is 13.1. The Hall–Kier alpha value is -1.31. The number of carbonyl (C=O) groups excluding carboxylic acids is 1. The first-order valence-electron chi connectivity index (χ1n) is 5.43. The summed E-state index contributed by atoms with van der Waals surface area (Å²) < 4.78 is 31.4. The van der Waals surface area contributed by atoms with Gasteiger partial charge >= 0.3 is 6.09 Å². The van der Waals surface area contributed by atoms with Gasteiger partial charge in [-0.1, -0.05) is 11.6 Å². The summed E-state index contributed by atoms with van der Waals surface area (Å²) >= 11 is 5.76. The summed E-state index contributed by atoms with van der Waals surface area (Å²) in [7, 11) is -3.54. The van der Waals surface area contributed by atoms with Gasteiger partial charge in [-0.15, -0.1) is 0 Å². The second-order valence-corrected chi connectivity index (χ2v) is 6.16. The predicted molar refractivity (Wildman–Crippen MR) is 69.9 cm³/mol. The molecule has 1 aromatic rings. The Morgan fingerprint density at radius 2 is 2.05 bits per heavy atom. The Labute approximate surface area is 116 Å². The van der Waals surface area contributed by atoms with Crippen LogP contribution in [-0.4, -0.2) is 40.0 Å². The van der Waals surface area contributed by atoms with Crippen LogP contribution < -0.4 is 4.90 Å². The molecule has 104 valence electrons. The number of benzene rings is 1. The number of ether oxygens (including phenoxy) is 1. The van der Waals surface area contributed by atoms with Crippen molar-refractivity contribution in [3.63, 3.8) is 0 Å². The van der Waals surface area contributed by atoms with Gasteiger partial charge in [0, 0.05) is 10.7 Å². The van der Waals surface area contributed by atoms with E-state index < -0.39 is 22.3 Å². The molecule has 1 aliphatic rings. The number of anilines is 1. The minimum absolute atomic E-state index is 0.186. The average Bonchev–Trinajstić information content (AvgIpc) is 2.68. The molecule has 1 aromatic carbocycles. The first-order chi connectivity index (χ1) is 8.85. The Kier molecular flexibility index (Phi) is 3.98. The SMILES string of the molecule is CS(=O)(=O)OC[C@H]1CN(c2ccc(Cl)cc2)C(=O)O1. The van der Waals surface area contributed by atoms with E-state index in [1.807, 2.05) is 0 Å². The summed E-state index contributed by atoms with van der Waals surface area (Å²) in [5, 5.41) is 0.563. The topological polar surface area (TPSA) is 72.9 Å². The summed E-state index contributed by atoms with van der Waals surface area (Å²) in [5.74, 6) is 0. The predicted octanol–water partition coefficient (Wildman–Crippen LogP) is 1.64. The molecule has 19 heavy (non-hydrogen) atoms. The maximum atomic E-state index is 11.7. The first-order valence-corrected chi connectivity index (χ1v) is 7.63. The van der Waals surface area contributed by atoms with E-state index in [4.69, 9.17) is 16.3 Å². The summed E-state index contributed by atoms with van der Waals surface area (Å²) in [5.41, 5.74) is 0.635. The van der Waals surface area contributed by atoms with E-state index >= 15 is 0 Å². The van der Waals surface area contributed by atoms with Crippen molar-refractivity contribution in [3.8, 4) is 0 Å². The standard InChI is InChI=1S/C11H12ClNO5S/c1-19(15,16)17-7-10-6-13(11(14)18-10)9-4-2-8(12)3-5-9/h2-5,10H,6-7H2,1H3/t10-/m1/s1. The van der Waals surface area contributed by atoms with Gasteiger partial charge < -0.3 is 4.74 Å². The van der Waals surface area contributed by atoms with Gasteiger partial charge in [-0.3, -0.25) is 9.08 Å². The molecule has 8 heteroatoms. The van der Waals surface area contributed by atoms with E-state index in [0.29, 0.717) is 10.7 Å². The van der Waals surface area contributed by atoms with Crippen LogP contribution in [0.4, 0.5) is 10.5 Å². The van der Waals surface area contributed by atoms with E-state index in [1.165, 1.54) is 4.90 Å². The lowest BCUT2D eigenvalue weighted by Crippen LogP contribution is -2.26. The molecule has 1 fully saturated rings. The highest BCUT2D eigenvalue weighted by Gasteiger charge is 2.33. The van der Waals surface area contributed by atoms with E-state index in [9.17, 15) is 13.2 Å². The quantitative estimate of drug-likeness (QED) is 0.791. The van der Waals surface area contributed by atoms with Crippen LogP contribution in [0.3, 0.4) is 0 Å². The Morgan fingerprint density at radius 1 is 1.42 bits per heavy atom. The Bertz CT molecular complexity index is 571. The second kappa shape index (κ2) is 5.36. The third kappa shape index (κ3) is 3.82. The Balaban J connectivity index is 2.01. The van der Waals surface area contributed by atoms with Crippen LogP contribution in [0.15, 0.2) is 24.3 Å². The van der Waals surface area contributed by atoms with Crippen LogP contribution in [0.5, 0.6) is 0 Å². The van der Waals surface area contributed by atoms with Gasteiger partial charge in [-0.25, -0.2) is 4.79 Å². The van der Waals surface area contributed by atoms with Gasteiger partial charge in [-0.2, -0.15) is 8.42 Å². The number of rotatable bonds is 4. The molecule has 0 bridgehead atoms. The van der Waals surface area contributed by atoms with Gasteiger partial charge in [0.1, 0.15) is 12.7 Å². The van der Waals surface area contributed by atoms with Gasteiger partial charge in [0.05, 0.1) is 12.8 Å². The summed E-state index contributed by atoms with van der Waals surface area (Å²) in [6.45, 7) is 0.0463. The fourth-order valence-corrected chi connectivity index (χ4v) is 2.16. The first kappa shape index (κ1) is 14.1. The zero-order chi connectivity index (χ0) is 14.0. The molecule has 0 aromatic heterocycles. The molecule has 2 rings (SSSR count). The molecule has 1 aliphatic heterocycles. The lowest BCUT2D eigenvalue weighted by Gasteiger charge is -2.12. The molecule has 0 aliphatic carbocycles. The molecule has 1 atom stereocenters. The van der Waals surface area contributed by atoms with Crippen molar-refractivity contribution in [1.29, 1.82) is 0 Å². The molecule has 0 saturated carbocycles. The molecule has 1 amide bonds. The number of carbonyl (C=O) groups is 1. The Morgan fingerprint density at radius 3 is 2.63 bits per heavy atom. The number of halogens is 1. The maximum Gasteiger partial charge on any atom is 0.414 e. The van der Waals surface area contributed by atoms with Crippen molar-refractivity contribution in [2.75, 3.05) is 24.3 Å². The van der Waals surface area contributed by atoms with Gasteiger partial charge in [0.2, 0.25) is 0 Å². The third-order valence-electron chi connectivity index (χ3n) is 2.48. The van der Waals surface area contributed by atoms with Gasteiger partial charge in [0.15, 0.2) is 0 Å². The van der Waals surface area contributed by atoms with Crippen LogP contribution in [0.1, 0.15) is 0 Å². The fraction of sp³-hybridized carbons (Fsp3) is 0.364. The molecule has 0 unspecified atom stereocenters. The lowest BCUT2D eigenvalue weighted by molar-refractivity contribution is 0.107. The number of cyclic esters (lactones) is 1. The van der Waals surface area contributed by atoms with Crippen molar-refractivity contribution in [3.05, 3.63) is 29.3 Å². The number of amides is 1. The maximum absolute atomic E-state index is 11.7. The normalized spacial score (nSPS) is 19.6. The molecule has 6 nitrogen and oxygen atoms in total. The van der Waals surface area contributed by atoms with Crippen LogP contribution in [0.2, 0.25) is 5.02 Å². The van der Waals surface area contributed by atoms with Crippen molar-refractivity contribution in [2.45, 2.75) is 6.10 Å². The lowest BCUT2D eigenvalue weighted by atomic mass is 10.3. The summed E-state index contributed by atoms with van der Waals surface area (Å²) in [6, 6.07) is 6.68. The average molecular weight is 306 g/mol. The molecular weight excluding hydrogens is 294 g/mol. The minimum atomic E-state index is -3.54. The second-order valence-electron chi connectivity index (χ2n) is 4.08. The number of hydrogen-bond acceptors (Lipinski definition) is 5. The van der Waals surface area contributed by atoms with E-state index in [2.05, 4.69) is 4.18 Å². The van der Waals surface area contributed by atoms with E-state index in [1.54, 1.807) is 24.3 Å². The van der Waals surface area contributed by atoms with Gasteiger partial charge in [-0.05, 0) is 24.3 Å². The van der Waals surface area contributed by atoms with Crippen LogP contribution in [0, 0.1) is 0 Å². The van der Waals surface area contributed by atoms with Crippen molar-refractivity contribution in [2.24, 2.45) is 0 Å². The molecule has 0 radical (unpaired) electrons. The third-order valence-corrected chi connectivity index (χ3v) is 3.30. The van der Waals surface area contributed by atoms with Gasteiger partial charge in [0.25, 0.3) is 10.1 Å². The summed E-state index contributed by atoms with van der Waals surface area (Å²) in [6.07, 6.45) is -0.205. The molecular formula is C11H12ClNO5S. The van der Waals surface area contributed by atoms with Crippen LogP contribution >= 0.6 is 11.6 Å². The van der Waals surface area contributed by atoms with Crippen molar-refractivity contribution < 1.29 is 22.1 Å². The van der Waals surface area contributed by atoms with E-state index in [0.717, 1.165) is 6.26 Å². The van der Waals surface area contributed by atoms with E-state index in [-0.39, 0.29) is 13.2 Å². The molecule has 1 heterocycles.